The zero-order chi connectivity index (χ0) is 18.0. The molecular weight excluding hydrogens is 336 g/mol. The number of thioether (sulfide) groups is 1. The molecule has 0 saturated heterocycles. The molecule has 1 atom stereocenters. The molecule has 1 aromatic heterocycles. The fraction of sp³-hybridized carbons (Fsp3) is 0.471. The first-order valence-corrected chi connectivity index (χ1v) is 9.12. The average Bonchev–Trinajstić information content (AvgIpc) is 3.31. The Kier molecular flexibility index (Phi) is 4.77. The molecule has 1 heterocycles. The van der Waals surface area contributed by atoms with E-state index in [0.717, 1.165) is 29.7 Å². The number of aromatic nitrogens is 4. The minimum absolute atomic E-state index is 0.162. The molecule has 0 spiro atoms. The number of aryl methyl sites for hydroxylation is 2. The van der Waals surface area contributed by atoms with Crippen molar-refractivity contribution in [3.05, 3.63) is 29.3 Å². The van der Waals surface area contributed by atoms with Crippen LogP contribution < -0.4 is 5.32 Å². The summed E-state index contributed by atoms with van der Waals surface area (Å²) in [6.07, 6.45) is 1.98. The smallest absolute Gasteiger partial charge is 0.231 e. The quantitative estimate of drug-likeness (QED) is 0.797. The largest absolute Gasteiger partial charge is 0.337 e. The van der Waals surface area contributed by atoms with Gasteiger partial charge in [0, 0.05) is 0 Å². The summed E-state index contributed by atoms with van der Waals surface area (Å²) in [5.41, 5.74) is 2.32. The van der Waals surface area contributed by atoms with Gasteiger partial charge in [-0.15, -0.1) is 5.10 Å². The standard InChI is InChI=1S/C17H20N6OS/c1-11-6-12(2)8-14(7-11)23-16(20-21-22-23)25-9-15(24)19-17(3,10-18)13-4-5-13/h6-8,13H,4-5,9H2,1-3H3,(H,19,24)/t17-/m1/s1. The van der Waals surface area contributed by atoms with Gasteiger partial charge in [-0.3, -0.25) is 4.79 Å². The van der Waals surface area contributed by atoms with Crippen LogP contribution in [0.3, 0.4) is 0 Å². The molecule has 25 heavy (non-hydrogen) atoms. The van der Waals surface area contributed by atoms with Gasteiger partial charge in [-0.25, -0.2) is 0 Å². The zero-order valence-corrected chi connectivity index (χ0v) is 15.3. The van der Waals surface area contributed by atoms with E-state index >= 15 is 0 Å². The highest BCUT2D eigenvalue weighted by Crippen LogP contribution is 2.39. The third kappa shape index (κ3) is 3.99. The summed E-state index contributed by atoms with van der Waals surface area (Å²) in [7, 11) is 0. The van der Waals surface area contributed by atoms with E-state index < -0.39 is 5.54 Å². The SMILES string of the molecule is Cc1cc(C)cc(-n2nnnc2SCC(=O)N[C@](C)(C#N)C2CC2)c1. The van der Waals surface area contributed by atoms with Crippen LogP contribution in [0.4, 0.5) is 0 Å². The Morgan fingerprint density at radius 2 is 2.08 bits per heavy atom. The molecule has 1 amide bonds. The highest BCUT2D eigenvalue weighted by molar-refractivity contribution is 7.99. The molecule has 0 radical (unpaired) electrons. The lowest BCUT2D eigenvalue weighted by atomic mass is 9.98. The molecule has 8 heteroatoms. The van der Waals surface area contributed by atoms with E-state index in [1.807, 2.05) is 26.0 Å². The number of carbonyl (C=O) groups excluding carboxylic acids is 1. The number of hydrogen-bond acceptors (Lipinski definition) is 6. The minimum Gasteiger partial charge on any atom is -0.337 e. The van der Waals surface area contributed by atoms with Gasteiger partial charge in [0.15, 0.2) is 0 Å². The van der Waals surface area contributed by atoms with Crippen molar-refractivity contribution in [3.63, 3.8) is 0 Å². The third-order valence-corrected chi connectivity index (χ3v) is 5.17. The van der Waals surface area contributed by atoms with Gasteiger partial charge < -0.3 is 5.32 Å². The van der Waals surface area contributed by atoms with Crippen molar-refractivity contribution in [3.8, 4) is 11.8 Å². The molecule has 1 N–H and O–H groups in total. The maximum absolute atomic E-state index is 12.2. The molecule has 0 aliphatic heterocycles. The number of hydrogen-bond donors (Lipinski definition) is 1. The Hall–Kier alpha value is -2.40. The number of nitriles is 1. The monoisotopic (exact) mass is 356 g/mol. The average molecular weight is 356 g/mol. The zero-order valence-electron chi connectivity index (χ0n) is 14.5. The predicted octanol–water partition coefficient (Wildman–Crippen LogP) is 2.18. The van der Waals surface area contributed by atoms with Crippen LogP contribution in [-0.4, -0.2) is 37.4 Å². The van der Waals surface area contributed by atoms with E-state index in [2.05, 4.69) is 33.0 Å². The van der Waals surface area contributed by atoms with Crippen LogP contribution in [0.15, 0.2) is 23.4 Å². The predicted molar refractivity (Wildman–Crippen MR) is 94.2 cm³/mol. The highest BCUT2D eigenvalue weighted by Gasteiger charge is 2.42. The molecule has 1 aliphatic rings. The fourth-order valence-electron chi connectivity index (χ4n) is 2.84. The summed E-state index contributed by atoms with van der Waals surface area (Å²) < 4.78 is 1.63. The van der Waals surface area contributed by atoms with E-state index in [1.54, 1.807) is 11.6 Å². The van der Waals surface area contributed by atoms with E-state index in [-0.39, 0.29) is 17.6 Å². The van der Waals surface area contributed by atoms with Crippen molar-refractivity contribution < 1.29 is 4.79 Å². The number of tetrazole rings is 1. The summed E-state index contributed by atoms with van der Waals surface area (Å²) in [4.78, 5) is 12.2. The van der Waals surface area contributed by atoms with Crippen LogP contribution in [0.5, 0.6) is 0 Å². The number of amides is 1. The van der Waals surface area contributed by atoms with Crippen molar-refractivity contribution in [1.82, 2.24) is 25.5 Å². The second kappa shape index (κ2) is 6.84. The van der Waals surface area contributed by atoms with Crippen LogP contribution in [0.1, 0.15) is 30.9 Å². The number of nitrogens with zero attached hydrogens (tertiary/aromatic N) is 5. The minimum atomic E-state index is -0.781. The number of carbonyl (C=O) groups is 1. The molecule has 1 saturated carbocycles. The normalized spacial score (nSPS) is 16.1. The van der Waals surface area contributed by atoms with Gasteiger partial charge in [0.2, 0.25) is 11.1 Å². The van der Waals surface area contributed by atoms with Crippen molar-refractivity contribution >= 4 is 17.7 Å². The van der Waals surface area contributed by atoms with Gasteiger partial charge in [0.05, 0.1) is 17.5 Å². The first-order chi connectivity index (χ1) is 11.9. The molecule has 3 rings (SSSR count). The lowest BCUT2D eigenvalue weighted by Crippen LogP contribution is -2.47. The number of nitrogens with one attached hydrogen (secondary N) is 1. The summed E-state index contributed by atoms with van der Waals surface area (Å²) in [6, 6.07) is 8.29. The number of rotatable bonds is 6. The lowest BCUT2D eigenvalue weighted by Gasteiger charge is -2.22. The lowest BCUT2D eigenvalue weighted by molar-refractivity contribution is -0.119. The van der Waals surface area contributed by atoms with Crippen molar-refractivity contribution in [2.75, 3.05) is 5.75 Å². The maximum Gasteiger partial charge on any atom is 0.231 e. The van der Waals surface area contributed by atoms with Gasteiger partial charge in [-0.05, 0) is 73.2 Å². The first kappa shape index (κ1) is 17.4. The summed E-state index contributed by atoms with van der Waals surface area (Å²) >= 11 is 1.26. The van der Waals surface area contributed by atoms with E-state index in [0.29, 0.717) is 5.16 Å². The molecule has 0 unspecified atom stereocenters. The van der Waals surface area contributed by atoms with Gasteiger partial charge >= 0.3 is 0 Å². The Morgan fingerprint density at radius 1 is 1.40 bits per heavy atom. The Balaban J connectivity index is 1.67. The van der Waals surface area contributed by atoms with Gasteiger partial charge in [0.25, 0.3) is 0 Å². The Bertz CT molecular complexity index is 818. The van der Waals surface area contributed by atoms with Crippen molar-refractivity contribution in [1.29, 1.82) is 5.26 Å². The molecule has 0 bridgehead atoms. The molecular formula is C17H20N6OS. The topological polar surface area (TPSA) is 96.5 Å². The Labute approximate surface area is 150 Å². The second-order valence-corrected chi connectivity index (χ2v) is 7.59. The van der Waals surface area contributed by atoms with Crippen LogP contribution in [0, 0.1) is 31.1 Å². The maximum atomic E-state index is 12.2. The fourth-order valence-corrected chi connectivity index (χ4v) is 3.53. The van der Waals surface area contributed by atoms with Crippen LogP contribution in [-0.2, 0) is 4.79 Å². The van der Waals surface area contributed by atoms with Gasteiger partial charge in [0.1, 0.15) is 5.54 Å². The molecule has 1 aromatic carbocycles. The number of benzene rings is 1. The van der Waals surface area contributed by atoms with Crippen LogP contribution >= 0.6 is 11.8 Å². The van der Waals surface area contributed by atoms with Gasteiger partial charge in [-0.1, -0.05) is 17.8 Å². The van der Waals surface area contributed by atoms with E-state index in [4.69, 9.17) is 0 Å². The third-order valence-electron chi connectivity index (χ3n) is 4.25. The molecule has 1 fully saturated rings. The first-order valence-electron chi connectivity index (χ1n) is 8.13. The molecule has 7 nitrogen and oxygen atoms in total. The molecule has 2 aromatic rings. The van der Waals surface area contributed by atoms with E-state index in [9.17, 15) is 10.1 Å². The van der Waals surface area contributed by atoms with Crippen LogP contribution in [0.2, 0.25) is 0 Å². The second-order valence-electron chi connectivity index (χ2n) is 6.64. The molecule has 130 valence electrons. The highest BCUT2D eigenvalue weighted by atomic mass is 32.2. The summed E-state index contributed by atoms with van der Waals surface area (Å²) in [6.45, 7) is 5.82. The van der Waals surface area contributed by atoms with Gasteiger partial charge in [-0.2, -0.15) is 9.94 Å². The molecule has 1 aliphatic carbocycles. The van der Waals surface area contributed by atoms with E-state index in [1.165, 1.54) is 11.8 Å². The van der Waals surface area contributed by atoms with Crippen molar-refractivity contribution in [2.45, 2.75) is 44.3 Å². The summed E-state index contributed by atoms with van der Waals surface area (Å²) in [5, 5.41) is 24.5. The van der Waals surface area contributed by atoms with Crippen LogP contribution in [0.25, 0.3) is 5.69 Å². The van der Waals surface area contributed by atoms with Crippen molar-refractivity contribution in [2.24, 2.45) is 5.92 Å². The Morgan fingerprint density at radius 3 is 2.68 bits per heavy atom. The summed E-state index contributed by atoms with van der Waals surface area (Å²) in [5.74, 6) is 0.234.